The third-order valence-electron chi connectivity index (χ3n) is 3.10. The largest absolute Gasteiger partial charge is 0.336 e. The van der Waals surface area contributed by atoms with E-state index in [0.717, 1.165) is 0 Å². The fourth-order valence-corrected chi connectivity index (χ4v) is 2.10. The molecule has 0 radical (unpaired) electrons. The lowest BCUT2D eigenvalue weighted by molar-refractivity contribution is -0.115. The molecule has 0 spiro atoms. The highest BCUT2D eigenvalue weighted by molar-refractivity contribution is 5.93. The summed E-state index contributed by atoms with van der Waals surface area (Å²) in [6.07, 6.45) is 0.0918. The third-order valence-corrected chi connectivity index (χ3v) is 3.10. The van der Waals surface area contributed by atoms with Crippen molar-refractivity contribution in [1.82, 2.24) is 5.32 Å². The number of rotatable bonds is 5. The number of halogens is 1. The number of nitrogens with one attached hydrogen (secondary N) is 3. The summed E-state index contributed by atoms with van der Waals surface area (Å²) in [5, 5.41) is 8.15. The molecule has 0 saturated heterocycles. The predicted molar refractivity (Wildman–Crippen MR) is 92.5 cm³/mol. The van der Waals surface area contributed by atoms with Crippen LogP contribution in [0.3, 0.4) is 0 Å². The van der Waals surface area contributed by atoms with Crippen molar-refractivity contribution in [3.8, 4) is 0 Å². The monoisotopic (exact) mass is 329 g/mol. The van der Waals surface area contributed by atoms with Crippen LogP contribution in [-0.4, -0.2) is 18.0 Å². The van der Waals surface area contributed by atoms with E-state index in [0.29, 0.717) is 16.9 Å². The molecule has 24 heavy (non-hydrogen) atoms. The summed E-state index contributed by atoms with van der Waals surface area (Å²) >= 11 is 0. The maximum Gasteiger partial charge on any atom is 0.319 e. The summed E-state index contributed by atoms with van der Waals surface area (Å²) in [4.78, 5) is 23.6. The third kappa shape index (κ3) is 5.72. The zero-order chi connectivity index (χ0) is 17.5. The van der Waals surface area contributed by atoms with Crippen LogP contribution in [0.5, 0.6) is 0 Å². The highest BCUT2D eigenvalue weighted by Crippen LogP contribution is 2.14. The van der Waals surface area contributed by atoms with Gasteiger partial charge < -0.3 is 16.0 Å². The molecule has 2 aromatic rings. The first kappa shape index (κ1) is 17.5. The number of carbonyl (C=O) groups excluding carboxylic acids is 2. The Morgan fingerprint density at radius 1 is 1.00 bits per heavy atom. The van der Waals surface area contributed by atoms with E-state index < -0.39 is 0 Å². The van der Waals surface area contributed by atoms with Gasteiger partial charge in [0.05, 0.1) is 6.42 Å². The van der Waals surface area contributed by atoms with Crippen LogP contribution < -0.4 is 16.0 Å². The summed E-state index contributed by atoms with van der Waals surface area (Å²) in [7, 11) is 0. The number of anilines is 2. The summed E-state index contributed by atoms with van der Waals surface area (Å²) < 4.78 is 13.1. The normalized spacial score (nSPS) is 10.3. The second kappa shape index (κ2) is 8.10. The maximum atomic E-state index is 13.1. The Hall–Kier alpha value is -2.89. The Morgan fingerprint density at radius 2 is 1.62 bits per heavy atom. The Balaban J connectivity index is 1.89. The van der Waals surface area contributed by atoms with Gasteiger partial charge in [0.2, 0.25) is 5.91 Å². The molecule has 0 bridgehead atoms. The Labute approximate surface area is 140 Å². The lowest BCUT2D eigenvalue weighted by atomic mass is 10.1. The number of benzene rings is 2. The van der Waals surface area contributed by atoms with Crippen molar-refractivity contribution in [2.75, 3.05) is 10.6 Å². The van der Waals surface area contributed by atoms with E-state index in [9.17, 15) is 14.0 Å². The minimum atomic E-state index is -0.365. The molecule has 0 aliphatic heterocycles. The number of hydrogen-bond donors (Lipinski definition) is 3. The zero-order valence-electron chi connectivity index (χ0n) is 13.6. The fourth-order valence-electron chi connectivity index (χ4n) is 2.10. The maximum absolute atomic E-state index is 13.1. The molecule has 2 rings (SSSR count). The highest BCUT2D eigenvalue weighted by Gasteiger charge is 2.06. The van der Waals surface area contributed by atoms with E-state index in [4.69, 9.17) is 0 Å². The van der Waals surface area contributed by atoms with Gasteiger partial charge in [0.1, 0.15) is 5.82 Å². The van der Waals surface area contributed by atoms with Crippen molar-refractivity contribution in [1.29, 1.82) is 0 Å². The fraction of sp³-hybridized carbons (Fsp3) is 0.222. The van der Waals surface area contributed by atoms with Crippen molar-refractivity contribution in [3.63, 3.8) is 0 Å². The number of amides is 3. The minimum absolute atomic E-state index is 0.0476. The molecule has 3 N–H and O–H groups in total. The van der Waals surface area contributed by atoms with Gasteiger partial charge in [-0.3, -0.25) is 4.79 Å². The molecule has 0 atom stereocenters. The first-order chi connectivity index (χ1) is 11.4. The van der Waals surface area contributed by atoms with Crippen LogP contribution >= 0.6 is 0 Å². The van der Waals surface area contributed by atoms with Crippen LogP contribution in [0.25, 0.3) is 0 Å². The van der Waals surface area contributed by atoms with Gasteiger partial charge in [-0.15, -0.1) is 0 Å². The van der Waals surface area contributed by atoms with Gasteiger partial charge >= 0.3 is 6.03 Å². The summed E-state index contributed by atoms with van der Waals surface area (Å²) in [6.45, 7) is 3.74. The number of hydrogen-bond acceptors (Lipinski definition) is 2. The zero-order valence-corrected chi connectivity index (χ0v) is 13.6. The molecule has 0 aromatic heterocycles. The molecular formula is C18H20FN3O2. The molecule has 0 heterocycles. The Morgan fingerprint density at radius 3 is 2.21 bits per heavy atom. The van der Waals surface area contributed by atoms with Crippen molar-refractivity contribution in [2.45, 2.75) is 26.3 Å². The molecule has 0 aliphatic rings. The molecule has 0 aliphatic carbocycles. The first-order valence-electron chi connectivity index (χ1n) is 7.64. The molecule has 126 valence electrons. The van der Waals surface area contributed by atoms with Crippen LogP contribution in [0.1, 0.15) is 19.4 Å². The van der Waals surface area contributed by atoms with Gasteiger partial charge in [-0.2, -0.15) is 0 Å². The summed E-state index contributed by atoms with van der Waals surface area (Å²) in [5.41, 5.74) is 1.83. The lowest BCUT2D eigenvalue weighted by Gasteiger charge is -2.11. The quantitative estimate of drug-likeness (QED) is 0.785. The molecule has 0 unspecified atom stereocenters. The van der Waals surface area contributed by atoms with E-state index in [1.54, 1.807) is 36.4 Å². The average molecular weight is 329 g/mol. The molecule has 0 saturated carbocycles. The number of carbonyl (C=O) groups is 2. The Kier molecular flexibility index (Phi) is 5.89. The van der Waals surface area contributed by atoms with E-state index in [2.05, 4.69) is 16.0 Å². The summed E-state index contributed by atoms with van der Waals surface area (Å²) in [5.74, 6) is -0.603. The SMILES string of the molecule is CC(C)NC(=O)Nc1ccc(NC(=O)Cc2cccc(F)c2)cc1. The molecule has 5 nitrogen and oxygen atoms in total. The standard InChI is InChI=1S/C18H20FN3O2/c1-12(2)20-18(24)22-16-8-6-15(7-9-16)21-17(23)11-13-4-3-5-14(19)10-13/h3-10,12H,11H2,1-2H3,(H,21,23)(H2,20,22,24). The number of urea groups is 1. The van der Waals surface area contributed by atoms with E-state index >= 15 is 0 Å². The summed E-state index contributed by atoms with van der Waals surface area (Å²) in [6, 6.07) is 12.5. The first-order valence-corrected chi connectivity index (χ1v) is 7.64. The van der Waals surface area contributed by atoms with Gasteiger partial charge in [0.15, 0.2) is 0 Å². The minimum Gasteiger partial charge on any atom is -0.336 e. The second-order valence-electron chi connectivity index (χ2n) is 5.69. The predicted octanol–water partition coefficient (Wildman–Crippen LogP) is 3.54. The molecule has 0 fully saturated rings. The van der Waals surface area contributed by atoms with Crippen LogP contribution in [0.4, 0.5) is 20.6 Å². The molecule has 6 heteroatoms. The van der Waals surface area contributed by atoms with Crippen molar-refractivity contribution >= 4 is 23.3 Å². The smallest absolute Gasteiger partial charge is 0.319 e. The van der Waals surface area contributed by atoms with Crippen LogP contribution in [-0.2, 0) is 11.2 Å². The molecule has 2 aromatic carbocycles. The van der Waals surface area contributed by atoms with Gasteiger partial charge in [-0.05, 0) is 55.8 Å². The average Bonchev–Trinajstić information content (AvgIpc) is 2.48. The van der Waals surface area contributed by atoms with Gasteiger partial charge in [0, 0.05) is 17.4 Å². The van der Waals surface area contributed by atoms with Crippen molar-refractivity contribution in [3.05, 3.63) is 59.9 Å². The topological polar surface area (TPSA) is 70.2 Å². The van der Waals surface area contributed by atoms with Crippen molar-refractivity contribution < 1.29 is 14.0 Å². The molecule has 3 amide bonds. The Bertz CT molecular complexity index is 714. The van der Waals surface area contributed by atoms with Gasteiger partial charge in [0.25, 0.3) is 0 Å². The van der Waals surface area contributed by atoms with Crippen LogP contribution in [0, 0.1) is 5.82 Å². The highest BCUT2D eigenvalue weighted by atomic mass is 19.1. The van der Waals surface area contributed by atoms with Crippen LogP contribution in [0.2, 0.25) is 0 Å². The van der Waals surface area contributed by atoms with Crippen LogP contribution in [0.15, 0.2) is 48.5 Å². The molecular weight excluding hydrogens is 309 g/mol. The van der Waals surface area contributed by atoms with Gasteiger partial charge in [-0.1, -0.05) is 12.1 Å². The van der Waals surface area contributed by atoms with E-state index in [1.165, 1.54) is 12.1 Å². The van der Waals surface area contributed by atoms with E-state index in [-0.39, 0.29) is 30.2 Å². The second-order valence-corrected chi connectivity index (χ2v) is 5.69. The van der Waals surface area contributed by atoms with Gasteiger partial charge in [-0.25, -0.2) is 9.18 Å². The van der Waals surface area contributed by atoms with Crippen molar-refractivity contribution in [2.24, 2.45) is 0 Å². The van der Waals surface area contributed by atoms with E-state index in [1.807, 2.05) is 13.8 Å². The lowest BCUT2D eigenvalue weighted by Crippen LogP contribution is -2.34.